The van der Waals surface area contributed by atoms with Crippen molar-refractivity contribution in [1.82, 2.24) is 4.98 Å². The molecule has 0 saturated carbocycles. The van der Waals surface area contributed by atoms with Crippen LogP contribution in [0.1, 0.15) is 16.8 Å². The Kier molecular flexibility index (Phi) is 4.80. The first-order valence-corrected chi connectivity index (χ1v) is 7.17. The number of benzene rings is 1. The molecule has 0 aliphatic rings. The molecule has 0 radical (unpaired) electrons. The third kappa shape index (κ3) is 3.82. The molecule has 0 amide bonds. The summed E-state index contributed by atoms with van der Waals surface area (Å²) in [6.45, 7) is 3.92. The zero-order chi connectivity index (χ0) is 14.7. The van der Waals surface area contributed by atoms with E-state index in [1.54, 1.807) is 6.07 Å². The van der Waals surface area contributed by atoms with Gasteiger partial charge in [-0.25, -0.2) is 9.37 Å². The van der Waals surface area contributed by atoms with Crippen LogP contribution in [0.15, 0.2) is 35.4 Å². The van der Waals surface area contributed by atoms with E-state index in [9.17, 15) is 4.39 Å². The second kappa shape index (κ2) is 6.39. The highest BCUT2D eigenvalue weighted by molar-refractivity contribution is 7.98. The van der Waals surface area contributed by atoms with Crippen LogP contribution in [-0.2, 0) is 5.75 Å². The molecule has 0 spiro atoms. The summed E-state index contributed by atoms with van der Waals surface area (Å²) < 4.78 is 13.8. The number of aromatic nitrogens is 1. The summed E-state index contributed by atoms with van der Waals surface area (Å²) in [6, 6.07) is 8.18. The first kappa shape index (κ1) is 15.0. The van der Waals surface area contributed by atoms with Gasteiger partial charge in [0.1, 0.15) is 5.82 Å². The standard InChI is InChI=1S/C14H15BFNO2S/c1-9-5-10(2)17-14(6-9)20-8-11-3-4-12(15(18)19)7-13(11)16/h3-7,18-19H,8H2,1-2H3. The number of nitrogens with zero attached hydrogens (tertiary/aromatic N) is 1. The average molecular weight is 291 g/mol. The molecule has 2 N–H and O–H groups in total. The van der Waals surface area contributed by atoms with Gasteiger partial charge in [-0.1, -0.05) is 12.1 Å². The molecule has 0 fully saturated rings. The van der Waals surface area contributed by atoms with Crippen LogP contribution in [0.4, 0.5) is 4.39 Å². The Labute approximate surface area is 122 Å². The largest absolute Gasteiger partial charge is 0.488 e. The van der Waals surface area contributed by atoms with Crippen LogP contribution in [0.3, 0.4) is 0 Å². The van der Waals surface area contributed by atoms with E-state index in [0.717, 1.165) is 22.3 Å². The number of pyridine rings is 1. The molecule has 6 heteroatoms. The Bertz CT molecular complexity index is 602. The van der Waals surface area contributed by atoms with Gasteiger partial charge in [0.2, 0.25) is 0 Å². The minimum absolute atomic E-state index is 0.153. The highest BCUT2D eigenvalue weighted by Crippen LogP contribution is 2.23. The van der Waals surface area contributed by atoms with Gasteiger partial charge in [0.15, 0.2) is 0 Å². The molecule has 1 aromatic heterocycles. The molecular formula is C14H15BFNO2S. The molecule has 2 rings (SSSR count). The van der Waals surface area contributed by atoms with Gasteiger partial charge in [-0.15, -0.1) is 11.8 Å². The Balaban J connectivity index is 2.11. The van der Waals surface area contributed by atoms with E-state index in [-0.39, 0.29) is 5.46 Å². The van der Waals surface area contributed by atoms with Gasteiger partial charge in [-0.2, -0.15) is 0 Å². The predicted molar refractivity (Wildman–Crippen MR) is 79.5 cm³/mol. The van der Waals surface area contributed by atoms with Crippen LogP contribution >= 0.6 is 11.8 Å². The average Bonchev–Trinajstić information content (AvgIpc) is 2.36. The number of aryl methyl sites for hydroxylation is 2. The first-order valence-electron chi connectivity index (χ1n) is 6.18. The number of thioether (sulfide) groups is 1. The van der Waals surface area contributed by atoms with E-state index in [2.05, 4.69) is 4.98 Å². The van der Waals surface area contributed by atoms with Crippen molar-refractivity contribution in [2.45, 2.75) is 24.6 Å². The van der Waals surface area contributed by atoms with Crippen molar-refractivity contribution >= 4 is 24.3 Å². The van der Waals surface area contributed by atoms with Crippen molar-refractivity contribution in [3.8, 4) is 0 Å². The summed E-state index contributed by atoms with van der Waals surface area (Å²) in [7, 11) is -1.65. The Morgan fingerprint density at radius 1 is 1.20 bits per heavy atom. The third-order valence-electron chi connectivity index (χ3n) is 2.83. The van der Waals surface area contributed by atoms with E-state index in [1.807, 2.05) is 26.0 Å². The number of hydrogen-bond donors (Lipinski definition) is 2. The minimum atomic E-state index is -1.65. The van der Waals surface area contributed by atoms with Gasteiger partial charge in [0, 0.05) is 11.4 Å². The molecule has 0 unspecified atom stereocenters. The molecule has 2 aromatic rings. The summed E-state index contributed by atoms with van der Waals surface area (Å²) in [5.74, 6) is 0.0104. The maximum Gasteiger partial charge on any atom is 0.488 e. The molecular weight excluding hydrogens is 276 g/mol. The van der Waals surface area contributed by atoms with Gasteiger partial charge in [0.25, 0.3) is 0 Å². The lowest BCUT2D eigenvalue weighted by Gasteiger charge is -2.07. The van der Waals surface area contributed by atoms with Crippen molar-refractivity contribution < 1.29 is 14.4 Å². The lowest BCUT2D eigenvalue weighted by Crippen LogP contribution is -2.30. The van der Waals surface area contributed by atoms with Crippen LogP contribution in [0.5, 0.6) is 0 Å². The van der Waals surface area contributed by atoms with Gasteiger partial charge < -0.3 is 10.0 Å². The Hall–Kier alpha value is -1.37. The van der Waals surface area contributed by atoms with E-state index in [1.165, 1.54) is 17.8 Å². The van der Waals surface area contributed by atoms with Crippen LogP contribution in [0, 0.1) is 19.7 Å². The van der Waals surface area contributed by atoms with Crippen LogP contribution < -0.4 is 5.46 Å². The molecule has 0 aliphatic heterocycles. The van der Waals surface area contributed by atoms with Crippen LogP contribution in [-0.4, -0.2) is 22.2 Å². The Morgan fingerprint density at radius 2 is 1.95 bits per heavy atom. The monoisotopic (exact) mass is 291 g/mol. The molecule has 0 atom stereocenters. The molecule has 104 valence electrons. The van der Waals surface area contributed by atoms with Crippen molar-refractivity contribution in [3.05, 3.63) is 53.0 Å². The minimum Gasteiger partial charge on any atom is -0.423 e. The zero-order valence-electron chi connectivity index (χ0n) is 11.3. The number of rotatable bonds is 4. The number of hydrogen-bond acceptors (Lipinski definition) is 4. The lowest BCUT2D eigenvalue weighted by atomic mass is 9.80. The highest BCUT2D eigenvalue weighted by atomic mass is 32.2. The van der Waals surface area contributed by atoms with E-state index in [4.69, 9.17) is 10.0 Å². The van der Waals surface area contributed by atoms with Gasteiger partial charge >= 0.3 is 7.12 Å². The normalized spacial score (nSPS) is 10.7. The van der Waals surface area contributed by atoms with Crippen molar-refractivity contribution in [1.29, 1.82) is 0 Å². The second-order valence-electron chi connectivity index (χ2n) is 4.64. The van der Waals surface area contributed by atoms with E-state index in [0.29, 0.717) is 11.3 Å². The summed E-state index contributed by atoms with van der Waals surface area (Å²) in [4.78, 5) is 4.39. The fourth-order valence-corrected chi connectivity index (χ4v) is 2.89. The summed E-state index contributed by atoms with van der Waals surface area (Å²) in [5.41, 5.74) is 2.73. The van der Waals surface area contributed by atoms with E-state index >= 15 is 0 Å². The zero-order valence-corrected chi connectivity index (χ0v) is 12.1. The quantitative estimate of drug-likeness (QED) is 0.666. The van der Waals surface area contributed by atoms with Crippen molar-refractivity contribution in [2.75, 3.05) is 0 Å². The lowest BCUT2D eigenvalue weighted by molar-refractivity contribution is 0.425. The van der Waals surface area contributed by atoms with Gasteiger partial charge in [-0.3, -0.25) is 0 Å². The Morgan fingerprint density at radius 3 is 2.55 bits per heavy atom. The molecule has 0 aliphatic carbocycles. The smallest absolute Gasteiger partial charge is 0.423 e. The second-order valence-corrected chi connectivity index (χ2v) is 5.63. The molecule has 1 heterocycles. The summed E-state index contributed by atoms with van der Waals surface area (Å²) in [5, 5.41) is 18.8. The van der Waals surface area contributed by atoms with Crippen LogP contribution in [0.2, 0.25) is 0 Å². The summed E-state index contributed by atoms with van der Waals surface area (Å²) >= 11 is 1.45. The predicted octanol–water partition coefficient (Wildman–Crippen LogP) is 1.81. The van der Waals surface area contributed by atoms with Gasteiger partial charge in [0.05, 0.1) is 5.03 Å². The fourth-order valence-electron chi connectivity index (χ4n) is 1.87. The third-order valence-corrected chi connectivity index (χ3v) is 3.79. The molecule has 0 saturated heterocycles. The molecule has 1 aromatic carbocycles. The highest BCUT2D eigenvalue weighted by Gasteiger charge is 2.13. The maximum absolute atomic E-state index is 13.8. The fraction of sp³-hybridized carbons (Fsp3) is 0.214. The van der Waals surface area contributed by atoms with Crippen molar-refractivity contribution in [3.63, 3.8) is 0 Å². The van der Waals surface area contributed by atoms with Gasteiger partial charge in [-0.05, 0) is 48.6 Å². The van der Waals surface area contributed by atoms with Crippen molar-refractivity contribution in [2.24, 2.45) is 0 Å². The molecule has 0 bridgehead atoms. The summed E-state index contributed by atoms with van der Waals surface area (Å²) in [6.07, 6.45) is 0. The first-order chi connectivity index (χ1) is 9.45. The van der Waals surface area contributed by atoms with E-state index < -0.39 is 12.9 Å². The van der Waals surface area contributed by atoms with Crippen LogP contribution in [0.25, 0.3) is 0 Å². The SMILES string of the molecule is Cc1cc(C)nc(SCc2ccc(B(O)O)cc2F)c1. The molecule has 3 nitrogen and oxygen atoms in total. The topological polar surface area (TPSA) is 53.4 Å². The number of halogens is 1. The maximum atomic E-state index is 13.8. The molecule has 20 heavy (non-hydrogen) atoms.